The van der Waals surface area contributed by atoms with Gasteiger partial charge in [0.25, 0.3) is 0 Å². The Morgan fingerprint density at radius 1 is 1.10 bits per heavy atom. The van der Waals surface area contributed by atoms with Crippen molar-refractivity contribution in [2.24, 2.45) is 5.84 Å². The number of rotatable bonds is 8. The summed E-state index contributed by atoms with van der Waals surface area (Å²) in [7, 11) is 0. The van der Waals surface area contributed by atoms with Crippen molar-refractivity contribution in [2.75, 3.05) is 30.6 Å². The summed E-state index contributed by atoms with van der Waals surface area (Å²) in [5.41, 5.74) is 0.892. The number of aromatic nitrogens is 3. The van der Waals surface area contributed by atoms with E-state index in [1.807, 2.05) is 0 Å². The summed E-state index contributed by atoms with van der Waals surface area (Å²) in [5.74, 6) is 5.29. The van der Waals surface area contributed by atoms with Gasteiger partial charge in [0.15, 0.2) is 0 Å². The third kappa shape index (κ3) is 4.13. The van der Waals surface area contributed by atoms with Crippen LogP contribution in [0.5, 0.6) is 6.01 Å². The number of nitrogen functional groups attached to an aromatic ring is 1. The van der Waals surface area contributed by atoms with Gasteiger partial charge in [-0.3, -0.25) is 5.43 Å². The van der Waals surface area contributed by atoms with Crippen LogP contribution in [-0.2, 0) is 0 Å². The largest absolute Gasteiger partial charge is 0.461 e. The van der Waals surface area contributed by atoms with E-state index in [1.54, 1.807) is 13.8 Å². The molecule has 10 nitrogen and oxygen atoms in total. The highest BCUT2D eigenvalue weighted by Crippen LogP contribution is 2.16. The highest BCUT2D eigenvalue weighted by Gasteiger charge is 2.29. The zero-order valence-corrected chi connectivity index (χ0v) is 11.4. The van der Waals surface area contributed by atoms with Gasteiger partial charge in [-0.15, -0.1) is 0 Å². The molecule has 1 rings (SSSR count). The van der Waals surface area contributed by atoms with E-state index in [4.69, 9.17) is 10.6 Å². The first-order valence-corrected chi connectivity index (χ1v) is 5.98. The molecule has 0 spiro atoms. The minimum Gasteiger partial charge on any atom is -0.461 e. The van der Waals surface area contributed by atoms with Gasteiger partial charge in [-0.05, 0) is 13.8 Å². The van der Waals surface area contributed by atoms with Gasteiger partial charge < -0.3 is 25.4 Å². The van der Waals surface area contributed by atoms with Gasteiger partial charge in [0.05, 0.1) is 25.9 Å². The van der Waals surface area contributed by atoms with Crippen LogP contribution in [0.2, 0.25) is 0 Å². The van der Waals surface area contributed by atoms with Crippen molar-refractivity contribution in [3.63, 3.8) is 0 Å². The first-order chi connectivity index (χ1) is 9.48. The normalized spacial score (nSPS) is 11.6. The lowest BCUT2D eigenvalue weighted by Crippen LogP contribution is -2.49. The monoisotopic (exact) mass is 288 g/mol. The average molecular weight is 288 g/mol. The number of hydrogen-bond acceptors (Lipinski definition) is 10. The van der Waals surface area contributed by atoms with Crippen molar-refractivity contribution >= 4 is 11.9 Å². The molecule has 0 aliphatic carbocycles. The number of nitrogens with zero attached hydrogens (tertiary/aromatic N) is 3. The molecule has 20 heavy (non-hydrogen) atoms. The molecule has 0 aliphatic heterocycles. The molecule has 0 amide bonds. The van der Waals surface area contributed by atoms with E-state index in [9.17, 15) is 15.3 Å². The van der Waals surface area contributed by atoms with Crippen LogP contribution in [-0.4, -0.2) is 61.7 Å². The molecule has 114 valence electrons. The van der Waals surface area contributed by atoms with Crippen molar-refractivity contribution in [2.45, 2.75) is 25.5 Å². The van der Waals surface area contributed by atoms with Gasteiger partial charge in [0.1, 0.15) is 5.54 Å². The fourth-order valence-corrected chi connectivity index (χ4v) is 1.25. The van der Waals surface area contributed by atoms with Gasteiger partial charge in [-0.1, -0.05) is 0 Å². The third-order valence-electron chi connectivity index (χ3n) is 2.37. The van der Waals surface area contributed by atoms with Crippen molar-refractivity contribution in [1.82, 2.24) is 15.0 Å². The molecule has 0 unspecified atom stereocenters. The van der Waals surface area contributed by atoms with E-state index < -0.39 is 25.4 Å². The molecule has 10 heteroatoms. The summed E-state index contributed by atoms with van der Waals surface area (Å²) in [6.07, 6.45) is -0.158. The SMILES string of the molecule is CC(C)Oc1nc(NN)nc(NC(CO)(CO)CO)n1. The minimum atomic E-state index is -1.36. The van der Waals surface area contributed by atoms with E-state index >= 15 is 0 Å². The van der Waals surface area contributed by atoms with Gasteiger partial charge in [0, 0.05) is 0 Å². The van der Waals surface area contributed by atoms with Crippen LogP contribution in [0.3, 0.4) is 0 Å². The van der Waals surface area contributed by atoms with Crippen LogP contribution in [0.4, 0.5) is 11.9 Å². The Morgan fingerprint density at radius 3 is 2.10 bits per heavy atom. The number of anilines is 2. The molecule has 7 N–H and O–H groups in total. The standard InChI is InChI=1S/C10H20N6O4/c1-6(2)20-9-13-7(12-8(14-9)16-11)15-10(3-17,4-18)5-19/h6,17-19H,3-5,11H2,1-2H3,(H2,12,13,14,15,16). The zero-order chi connectivity index (χ0) is 15.2. The Morgan fingerprint density at radius 2 is 1.65 bits per heavy atom. The summed E-state index contributed by atoms with van der Waals surface area (Å²) < 4.78 is 5.33. The quantitative estimate of drug-likeness (QED) is 0.235. The van der Waals surface area contributed by atoms with Gasteiger partial charge in [-0.2, -0.15) is 15.0 Å². The Labute approximate surface area is 116 Å². The topological polar surface area (TPSA) is 159 Å². The molecule has 0 aromatic carbocycles. The van der Waals surface area contributed by atoms with Gasteiger partial charge in [-0.25, -0.2) is 5.84 Å². The second-order valence-corrected chi connectivity index (χ2v) is 4.46. The maximum Gasteiger partial charge on any atom is 0.323 e. The molecule has 1 aromatic rings. The third-order valence-corrected chi connectivity index (χ3v) is 2.37. The molecule has 0 saturated heterocycles. The molecule has 0 bridgehead atoms. The minimum absolute atomic E-state index is 0.000694. The molecular formula is C10H20N6O4. The molecular weight excluding hydrogens is 268 g/mol. The Hall–Kier alpha value is -1.75. The lowest BCUT2D eigenvalue weighted by molar-refractivity contribution is 0.0826. The van der Waals surface area contributed by atoms with E-state index in [0.717, 1.165) is 0 Å². The molecule has 0 saturated carbocycles. The smallest absolute Gasteiger partial charge is 0.323 e. The number of nitrogens with two attached hydrogens (primary N) is 1. The number of ether oxygens (including phenoxy) is 1. The Balaban J connectivity index is 3.04. The van der Waals surface area contributed by atoms with Crippen LogP contribution in [0.25, 0.3) is 0 Å². The molecule has 0 radical (unpaired) electrons. The van der Waals surface area contributed by atoms with Crippen molar-refractivity contribution in [3.05, 3.63) is 0 Å². The molecule has 0 atom stereocenters. The average Bonchev–Trinajstić information content (AvgIpc) is 2.44. The maximum atomic E-state index is 9.25. The molecule has 1 aromatic heterocycles. The summed E-state index contributed by atoms with van der Waals surface area (Å²) in [6, 6.07) is 0.0215. The number of nitrogens with one attached hydrogen (secondary N) is 2. The summed E-state index contributed by atoms with van der Waals surface area (Å²) in [6.45, 7) is 2.05. The van der Waals surface area contributed by atoms with E-state index in [1.165, 1.54) is 0 Å². The summed E-state index contributed by atoms with van der Waals surface area (Å²) >= 11 is 0. The van der Waals surface area contributed by atoms with Crippen LogP contribution in [0, 0.1) is 0 Å². The van der Waals surface area contributed by atoms with Crippen LogP contribution < -0.4 is 21.3 Å². The van der Waals surface area contributed by atoms with Crippen molar-refractivity contribution in [1.29, 1.82) is 0 Å². The maximum absolute atomic E-state index is 9.25. The Bertz CT molecular complexity index is 418. The summed E-state index contributed by atoms with van der Waals surface area (Å²) in [4.78, 5) is 11.8. The van der Waals surface area contributed by atoms with E-state index in [2.05, 4.69) is 25.7 Å². The predicted molar refractivity (Wildman–Crippen MR) is 71.0 cm³/mol. The van der Waals surface area contributed by atoms with Crippen LogP contribution >= 0.6 is 0 Å². The number of aliphatic hydroxyl groups is 3. The predicted octanol–water partition coefficient (Wildman–Crippen LogP) is -1.93. The van der Waals surface area contributed by atoms with Gasteiger partial charge >= 0.3 is 6.01 Å². The molecule has 0 aliphatic rings. The molecule has 0 fully saturated rings. The van der Waals surface area contributed by atoms with E-state index in [0.29, 0.717) is 0 Å². The lowest BCUT2D eigenvalue weighted by Gasteiger charge is -2.28. The number of hydrogen-bond donors (Lipinski definition) is 6. The Kier molecular flexibility index (Phi) is 5.82. The number of aliphatic hydroxyl groups excluding tert-OH is 3. The van der Waals surface area contributed by atoms with E-state index in [-0.39, 0.29) is 24.0 Å². The van der Waals surface area contributed by atoms with Gasteiger partial charge in [0.2, 0.25) is 11.9 Å². The van der Waals surface area contributed by atoms with Crippen LogP contribution in [0.1, 0.15) is 13.8 Å². The lowest BCUT2D eigenvalue weighted by atomic mass is 10.0. The second-order valence-electron chi connectivity index (χ2n) is 4.46. The fraction of sp³-hybridized carbons (Fsp3) is 0.700. The molecule has 1 heterocycles. The fourth-order valence-electron chi connectivity index (χ4n) is 1.25. The summed E-state index contributed by atoms with van der Waals surface area (Å²) in [5, 5.41) is 30.4. The zero-order valence-electron chi connectivity index (χ0n) is 11.4. The highest BCUT2D eigenvalue weighted by molar-refractivity contribution is 5.37. The first kappa shape index (κ1) is 16.3. The van der Waals surface area contributed by atoms with Crippen molar-refractivity contribution < 1.29 is 20.1 Å². The number of hydrazine groups is 1. The van der Waals surface area contributed by atoms with Crippen LogP contribution in [0.15, 0.2) is 0 Å². The first-order valence-electron chi connectivity index (χ1n) is 5.98. The van der Waals surface area contributed by atoms with Crippen molar-refractivity contribution in [3.8, 4) is 6.01 Å². The highest BCUT2D eigenvalue weighted by atomic mass is 16.5. The second kappa shape index (κ2) is 7.14.